The van der Waals surface area contributed by atoms with E-state index in [1.807, 2.05) is 52.7 Å². The lowest BCUT2D eigenvalue weighted by molar-refractivity contribution is -0.133. The maximum absolute atomic E-state index is 13.2. The number of nitrogens with zero attached hydrogens (tertiary/aromatic N) is 2. The van der Waals surface area contributed by atoms with Crippen molar-refractivity contribution in [2.75, 3.05) is 19.6 Å². The number of amides is 3. The van der Waals surface area contributed by atoms with Crippen LogP contribution in [-0.4, -0.2) is 41.4 Å². The van der Waals surface area contributed by atoms with Crippen molar-refractivity contribution in [3.63, 3.8) is 0 Å². The van der Waals surface area contributed by atoms with Gasteiger partial charge in [-0.3, -0.25) is 4.79 Å². The first-order valence-corrected chi connectivity index (χ1v) is 11.2. The van der Waals surface area contributed by atoms with Crippen LogP contribution in [0.2, 0.25) is 0 Å². The molecular formula is C23H33N3O2S. The maximum Gasteiger partial charge on any atom is 0.317 e. The third kappa shape index (κ3) is 8.28. The molecule has 0 atom stereocenters. The number of hydrogen-bond acceptors (Lipinski definition) is 3. The minimum Gasteiger partial charge on any atom is -0.338 e. The van der Waals surface area contributed by atoms with E-state index in [9.17, 15) is 9.59 Å². The number of hydrogen-bond donors (Lipinski definition) is 1. The van der Waals surface area contributed by atoms with Gasteiger partial charge in [0.2, 0.25) is 5.91 Å². The first-order valence-electron chi connectivity index (χ1n) is 10.4. The monoisotopic (exact) mass is 415 g/mol. The van der Waals surface area contributed by atoms with Crippen LogP contribution < -0.4 is 5.32 Å². The van der Waals surface area contributed by atoms with Crippen molar-refractivity contribution in [3.05, 3.63) is 58.3 Å². The molecule has 3 amide bonds. The number of nitrogens with one attached hydrogen (secondary N) is 1. The molecule has 0 saturated carbocycles. The predicted octanol–water partition coefficient (Wildman–Crippen LogP) is 4.74. The summed E-state index contributed by atoms with van der Waals surface area (Å²) >= 11 is 1.64. The van der Waals surface area contributed by atoms with E-state index in [1.165, 1.54) is 0 Å². The van der Waals surface area contributed by atoms with E-state index in [-0.39, 0.29) is 18.5 Å². The Hall–Kier alpha value is -2.34. The van der Waals surface area contributed by atoms with Crippen molar-refractivity contribution in [2.45, 2.75) is 46.7 Å². The highest BCUT2D eigenvalue weighted by atomic mass is 32.1. The Kier molecular flexibility index (Phi) is 9.71. The number of carbonyl (C=O) groups excluding carboxylic acids is 2. The lowest BCUT2D eigenvalue weighted by atomic mass is 10.2. The van der Waals surface area contributed by atoms with Crippen molar-refractivity contribution in [2.24, 2.45) is 5.92 Å². The third-order valence-electron chi connectivity index (χ3n) is 4.50. The topological polar surface area (TPSA) is 52.7 Å². The van der Waals surface area contributed by atoms with E-state index in [0.29, 0.717) is 32.1 Å². The SMILES string of the molecule is CCCCNC(=O)N(CC(=O)N(Cc1ccccc1)Cc1cccs1)CC(C)C. The van der Waals surface area contributed by atoms with Gasteiger partial charge in [0.15, 0.2) is 0 Å². The number of urea groups is 1. The summed E-state index contributed by atoms with van der Waals surface area (Å²) in [4.78, 5) is 30.5. The van der Waals surface area contributed by atoms with Gasteiger partial charge in [-0.25, -0.2) is 4.79 Å². The summed E-state index contributed by atoms with van der Waals surface area (Å²) in [6, 6.07) is 13.9. The molecule has 0 radical (unpaired) electrons. The minimum atomic E-state index is -0.156. The molecule has 5 nitrogen and oxygen atoms in total. The zero-order valence-corrected chi connectivity index (χ0v) is 18.6. The van der Waals surface area contributed by atoms with E-state index in [0.717, 1.165) is 23.3 Å². The molecule has 29 heavy (non-hydrogen) atoms. The number of carbonyl (C=O) groups is 2. The van der Waals surface area contributed by atoms with E-state index in [4.69, 9.17) is 0 Å². The smallest absolute Gasteiger partial charge is 0.317 e. The Morgan fingerprint density at radius 3 is 2.41 bits per heavy atom. The van der Waals surface area contributed by atoms with Gasteiger partial charge in [-0.1, -0.05) is 63.6 Å². The van der Waals surface area contributed by atoms with Crippen LogP contribution in [0.1, 0.15) is 44.1 Å². The summed E-state index contributed by atoms with van der Waals surface area (Å²) in [7, 11) is 0. The molecule has 6 heteroatoms. The van der Waals surface area contributed by atoms with Gasteiger partial charge in [0.05, 0.1) is 6.54 Å². The van der Waals surface area contributed by atoms with Crippen molar-refractivity contribution >= 4 is 23.3 Å². The average molecular weight is 416 g/mol. The van der Waals surface area contributed by atoms with Crippen LogP contribution >= 0.6 is 11.3 Å². The molecule has 158 valence electrons. The molecule has 0 aliphatic rings. The highest BCUT2D eigenvalue weighted by Gasteiger charge is 2.22. The number of thiophene rings is 1. The lowest BCUT2D eigenvalue weighted by Gasteiger charge is -2.29. The number of benzene rings is 1. The van der Waals surface area contributed by atoms with E-state index < -0.39 is 0 Å². The Balaban J connectivity index is 2.10. The van der Waals surface area contributed by atoms with Gasteiger partial charge in [0.25, 0.3) is 0 Å². The third-order valence-corrected chi connectivity index (χ3v) is 5.36. The summed E-state index contributed by atoms with van der Waals surface area (Å²) in [5, 5.41) is 4.97. The van der Waals surface area contributed by atoms with Gasteiger partial charge in [-0.05, 0) is 29.3 Å². The summed E-state index contributed by atoms with van der Waals surface area (Å²) < 4.78 is 0. The first-order chi connectivity index (χ1) is 14.0. The standard InChI is InChI=1S/C23H33N3O2S/c1-4-5-13-24-23(28)26(15-19(2)3)18-22(27)25(17-21-12-9-14-29-21)16-20-10-7-6-8-11-20/h6-12,14,19H,4-5,13,15-18H2,1-3H3,(H,24,28). The van der Waals surface area contributed by atoms with Gasteiger partial charge in [0, 0.05) is 24.5 Å². The molecule has 2 rings (SSSR count). The molecule has 2 aromatic rings. The molecule has 1 heterocycles. The predicted molar refractivity (Wildman–Crippen MR) is 120 cm³/mol. The van der Waals surface area contributed by atoms with Gasteiger partial charge < -0.3 is 15.1 Å². The molecule has 0 saturated heterocycles. The highest BCUT2D eigenvalue weighted by molar-refractivity contribution is 7.09. The van der Waals surface area contributed by atoms with Gasteiger partial charge in [0.1, 0.15) is 6.54 Å². The Labute approximate surface area is 178 Å². The summed E-state index contributed by atoms with van der Waals surface area (Å²) in [5.74, 6) is 0.258. The first kappa shape index (κ1) is 22.9. The fourth-order valence-electron chi connectivity index (χ4n) is 3.03. The number of rotatable bonds is 11. The summed E-state index contributed by atoms with van der Waals surface area (Å²) in [6.45, 7) is 8.59. The number of unbranched alkanes of at least 4 members (excludes halogenated alkanes) is 1. The van der Waals surface area contributed by atoms with Crippen molar-refractivity contribution in [1.29, 1.82) is 0 Å². The molecule has 0 aliphatic carbocycles. The molecule has 0 spiro atoms. The van der Waals surface area contributed by atoms with Crippen molar-refractivity contribution in [3.8, 4) is 0 Å². The molecule has 1 aromatic carbocycles. The second-order valence-electron chi connectivity index (χ2n) is 7.67. The zero-order chi connectivity index (χ0) is 21.1. The Bertz CT molecular complexity index is 732. The molecule has 1 N–H and O–H groups in total. The highest BCUT2D eigenvalue weighted by Crippen LogP contribution is 2.15. The second kappa shape index (κ2) is 12.3. The van der Waals surface area contributed by atoms with Crippen LogP contribution in [0.3, 0.4) is 0 Å². The summed E-state index contributed by atoms with van der Waals surface area (Å²) in [5.41, 5.74) is 1.08. The van der Waals surface area contributed by atoms with Crippen LogP contribution in [0, 0.1) is 5.92 Å². The van der Waals surface area contributed by atoms with Crippen molar-refractivity contribution in [1.82, 2.24) is 15.1 Å². The molecule has 0 unspecified atom stereocenters. The fourth-order valence-corrected chi connectivity index (χ4v) is 3.75. The molecule has 0 fully saturated rings. The van der Waals surface area contributed by atoms with Crippen LogP contribution in [0.4, 0.5) is 4.79 Å². The quantitative estimate of drug-likeness (QED) is 0.539. The Morgan fingerprint density at radius 1 is 1.03 bits per heavy atom. The zero-order valence-electron chi connectivity index (χ0n) is 17.8. The van der Waals surface area contributed by atoms with Gasteiger partial charge in [-0.15, -0.1) is 11.3 Å². The molecule has 1 aromatic heterocycles. The Morgan fingerprint density at radius 2 is 1.79 bits per heavy atom. The molecule has 0 bridgehead atoms. The normalized spacial score (nSPS) is 10.8. The average Bonchev–Trinajstić information content (AvgIpc) is 3.20. The minimum absolute atomic E-state index is 0.0338. The van der Waals surface area contributed by atoms with E-state index in [1.54, 1.807) is 16.2 Å². The van der Waals surface area contributed by atoms with Crippen LogP contribution in [0.25, 0.3) is 0 Å². The van der Waals surface area contributed by atoms with Gasteiger partial charge in [-0.2, -0.15) is 0 Å². The van der Waals surface area contributed by atoms with Crippen LogP contribution in [0.15, 0.2) is 47.8 Å². The fraction of sp³-hybridized carbons (Fsp3) is 0.478. The van der Waals surface area contributed by atoms with Crippen LogP contribution in [0.5, 0.6) is 0 Å². The van der Waals surface area contributed by atoms with Crippen molar-refractivity contribution < 1.29 is 9.59 Å². The van der Waals surface area contributed by atoms with E-state index in [2.05, 4.69) is 26.1 Å². The van der Waals surface area contributed by atoms with E-state index >= 15 is 0 Å². The molecule has 0 aliphatic heterocycles. The molecular weight excluding hydrogens is 382 g/mol. The van der Waals surface area contributed by atoms with Gasteiger partial charge >= 0.3 is 6.03 Å². The maximum atomic E-state index is 13.2. The lowest BCUT2D eigenvalue weighted by Crippen LogP contribution is -2.47. The summed E-state index contributed by atoms with van der Waals surface area (Å²) in [6.07, 6.45) is 1.96. The second-order valence-corrected chi connectivity index (χ2v) is 8.71. The van der Waals surface area contributed by atoms with Crippen LogP contribution in [-0.2, 0) is 17.9 Å². The largest absolute Gasteiger partial charge is 0.338 e.